The molecule has 2 N–H and O–H groups in total. The van der Waals surface area contributed by atoms with Gasteiger partial charge in [-0.1, -0.05) is 71.7 Å². The van der Waals surface area contributed by atoms with Crippen LogP contribution in [-0.4, -0.2) is 5.78 Å². The lowest BCUT2D eigenvalue weighted by molar-refractivity contribution is 0.0982. The zero-order chi connectivity index (χ0) is 18.5. The van der Waals surface area contributed by atoms with E-state index >= 15 is 0 Å². The van der Waals surface area contributed by atoms with Crippen LogP contribution in [0.5, 0.6) is 0 Å². The molecule has 26 heavy (non-hydrogen) atoms. The molecular formula is C21H17Cl2NOS. The molecule has 0 aliphatic carbocycles. The average molecular weight is 402 g/mol. The van der Waals surface area contributed by atoms with E-state index in [9.17, 15) is 4.79 Å². The van der Waals surface area contributed by atoms with Crippen LogP contribution in [0.1, 0.15) is 27.6 Å². The van der Waals surface area contributed by atoms with E-state index in [0.717, 1.165) is 10.5 Å². The largest absolute Gasteiger partial charge is 0.398 e. The summed E-state index contributed by atoms with van der Waals surface area (Å²) in [6.45, 7) is 0. The van der Waals surface area contributed by atoms with Crippen molar-refractivity contribution in [3.05, 3.63) is 94.0 Å². The van der Waals surface area contributed by atoms with Crippen molar-refractivity contribution in [1.82, 2.24) is 0 Å². The van der Waals surface area contributed by atoms with E-state index < -0.39 is 0 Å². The van der Waals surface area contributed by atoms with E-state index in [1.54, 1.807) is 18.2 Å². The van der Waals surface area contributed by atoms with Crippen LogP contribution in [0.4, 0.5) is 5.69 Å². The van der Waals surface area contributed by atoms with Crippen molar-refractivity contribution >= 4 is 46.4 Å². The number of halogens is 2. The van der Waals surface area contributed by atoms with Crippen LogP contribution in [0.25, 0.3) is 0 Å². The Morgan fingerprint density at radius 2 is 1.50 bits per heavy atom. The number of thioether (sulfide) groups is 1. The minimum Gasteiger partial charge on any atom is -0.398 e. The van der Waals surface area contributed by atoms with Gasteiger partial charge in [0.15, 0.2) is 5.78 Å². The standard InChI is InChI=1S/C21H17Cl2NOS/c22-15-9-6-10-16(23)21(15)20(26-19-12-5-4-11-17(19)24)13-18(25)14-7-2-1-3-8-14/h1-12,20H,13,24H2/t20-/m0/s1. The summed E-state index contributed by atoms with van der Waals surface area (Å²) in [6.07, 6.45) is 0.270. The first-order chi connectivity index (χ1) is 12.6. The Morgan fingerprint density at radius 3 is 2.15 bits per heavy atom. The molecule has 0 bridgehead atoms. The Hall–Kier alpha value is -1.94. The van der Waals surface area contributed by atoms with E-state index in [4.69, 9.17) is 28.9 Å². The van der Waals surface area contributed by atoms with Crippen molar-refractivity contribution in [2.24, 2.45) is 0 Å². The van der Waals surface area contributed by atoms with Crippen molar-refractivity contribution < 1.29 is 4.79 Å². The van der Waals surface area contributed by atoms with Crippen molar-refractivity contribution in [1.29, 1.82) is 0 Å². The number of nitrogen functional groups attached to an aromatic ring is 1. The van der Waals surface area contributed by atoms with Crippen LogP contribution >= 0.6 is 35.0 Å². The Labute approximate surface area is 167 Å². The minimum absolute atomic E-state index is 0.0357. The molecule has 0 radical (unpaired) electrons. The van der Waals surface area contributed by atoms with Gasteiger partial charge in [-0.15, -0.1) is 11.8 Å². The summed E-state index contributed by atoms with van der Waals surface area (Å²) >= 11 is 14.3. The van der Waals surface area contributed by atoms with Gasteiger partial charge >= 0.3 is 0 Å². The van der Waals surface area contributed by atoms with Gasteiger partial charge in [-0.05, 0) is 24.3 Å². The van der Waals surface area contributed by atoms with Crippen LogP contribution < -0.4 is 5.73 Å². The zero-order valence-corrected chi connectivity index (χ0v) is 16.2. The molecule has 3 aromatic rings. The number of Topliss-reactive ketones (excluding diaryl/α,β-unsaturated/α-hetero) is 1. The van der Waals surface area contributed by atoms with Crippen molar-refractivity contribution in [3.63, 3.8) is 0 Å². The number of anilines is 1. The molecule has 0 heterocycles. The number of benzene rings is 3. The fraction of sp³-hybridized carbons (Fsp3) is 0.0952. The highest BCUT2D eigenvalue weighted by atomic mass is 35.5. The summed E-state index contributed by atoms with van der Waals surface area (Å²) < 4.78 is 0. The Kier molecular flexibility index (Phi) is 6.25. The van der Waals surface area contributed by atoms with E-state index in [2.05, 4.69) is 0 Å². The minimum atomic E-state index is -0.242. The van der Waals surface area contributed by atoms with Gasteiger partial charge in [-0.3, -0.25) is 4.79 Å². The van der Waals surface area contributed by atoms with Gasteiger partial charge < -0.3 is 5.73 Å². The Bertz CT molecular complexity index is 895. The first kappa shape index (κ1) is 18.8. The second-order valence-corrected chi connectivity index (χ2v) is 7.83. The molecule has 0 aromatic heterocycles. The van der Waals surface area contributed by atoms with E-state index in [-0.39, 0.29) is 17.5 Å². The van der Waals surface area contributed by atoms with Crippen LogP contribution in [0.15, 0.2) is 77.7 Å². The van der Waals surface area contributed by atoms with Crippen LogP contribution in [0, 0.1) is 0 Å². The van der Waals surface area contributed by atoms with E-state index in [1.807, 2.05) is 54.6 Å². The molecule has 0 saturated carbocycles. The Morgan fingerprint density at radius 1 is 0.885 bits per heavy atom. The summed E-state index contributed by atoms with van der Waals surface area (Å²) in [6, 6.07) is 22.2. The molecule has 5 heteroatoms. The molecule has 3 aromatic carbocycles. The maximum atomic E-state index is 12.8. The lowest BCUT2D eigenvalue weighted by Crippen LogP contribution is -2.07. The molecule has 0 unspecified atom stereocenters. The average Bonchev–Trinajstić information content (AvgIpc) is 2.64. The smallest absolute Gasteiger partial charge is 0.164 e. The van der Waals surface area contributed by atoms with Crippen LogP contribution in [-0.2, 0) is 0 Å². The maximum Gasteiger partial charge on any atom is 0.164 e. The number of ketones is 1. The quantitative estimate of drug-likeness (QED) is 0.284. The molecule has 0 aliphatic rings. The molecule has 132 valence electrons. The third-order valence-corrected chi connectivity index (χ3v) is 5.95. The first-order valence-electron chi connectivity index (χ1n) is 8.09. The van der Waals surface area contributed by atoms with Gasteiger partial charge in [0.25, 0.3) is 0 Å². The fourth-order valence-electron chi connectivity index (χ4n) is 2.67. The van der Waals surface area contributed by atoms with Gasteiger partial charge in [-0.2, -0.15) is 0 Å². The maximum absolute atomic E-state index is 12.8. The predicted octanol–water partition coefficient (Wildman–Crippen LogP) is 6.68. The number of rotatable bonds is 6. The first-order valence-corrected chi connectivity index (χ1v) is 9.73. The van der Waals surface area contributed by atoms with E-state index in [0.29, 0.717) is 21.3 Å². The van der Waals surface area contributed by atoms with Gasteiger partial charge in [0.1, 0.15) is 0 Å². The molecule has 0 fully saturated rings. The highest BCUT2D eigenvalue weighted by Crippen LogP contribution is 2.45. The van der Waals surface area contributed by atoms with E-state index in [1.165, 1.54) is 11.8 Å². The number of nitrogens with two attached hydrogens (primary N) is 1. The number of para-hydroxylation sites is 1. The number of hydrogen-bond acceptors (Lipinski definition) is 3. The van der Waals surface area contributed by atoms with Crippen molar-refractivity contribution in [2.75, 3.05) is 5.73 Å². The van der Waals surface area contributed by atoms with Gasteiger partial charge in [0.2, 0.25) is 0 Å². The van der Waals surface area contributed by atoms with Crippen molar-refractivity contribution in [2.45, 2.75) is 16.6 Å². The molecule has 3 rings (SSSR count). The summed E-state index contributed by atoms with van der Waals surface area (Å²) in [4.78, 5) is 13.7. The lowest BCUT2D eigenvalue weighted by atomic mass is 10.0. The SMILES string of the molecule is Nc1ccccc1S[C@@H](CC(=O)c1ccccc1)c1c(Cl)cccc1Cl. The summed E-state index contributed by atoms with van der Waals surface area (Å²) in [7, 11) is 0. The summed E-state index contributed by atoms with van der Waals surface area (Å²) in [5.41, 5.74) is 8.18. The highest BCUT2D eigenvalue weighted by molar-refractivity contribution is 7.99. The highest BCUT2D eigenvalue weighted by Gasteiger charge is 2.23. The predicted molar refractivity (Wildman–Crippen MR) is 111 cm³/mol. The third kappa shape index (κ3) is 4.42. The normalized spacial score (nSPS) is 11.9. The molecule has 2 nitrogen and oxygen atoms in total. The van der Waals surface area contributed by atoms with Crippen LogP contribution in [0.2, 0.25) is 10.0 Å². The Balaban J connectivity index is 1.96. The third-order valence-electron chi connectivity index (χ3n) is 3.98. The number of carbonyl (C=O) groups excluding carboxylic acids is 1. The topological polar surface area (TPSA) is 43.1 Å². The molecule has 0 amide bonds. The molecular weight excluding hydrogens is 385 g/mol. The molecule has 0 spiro atoms. The summed E-state index contributed by atoms with van der Waals surface area (Å²) in [5.74, 6) is 0.0357. The zero-order valence-electron chi connectivity index (χ0n) is 13.9. The monoisotopic (exact) mass is 401 g/mol. The molecule has 0 saturated heterocycles. The second kappa shape index (κ2) is 8.63. The number of hydrogen-bond donors (Lipinski definition) is 1. The molecule has 0 aliphatic heterocycles. The second-order valence-electron chi connectivity index (χ2n) is 5.77. The fourth-order valence-corrected chi connectivity index (χ4v) is 4.74. The van der Waals surface area contributed by atoms with Crippen molar-refractivity contribution in [3.8, 4) is 0 Å². The summed E-state index contributed by atoms with van der Waals surface area (Å²) in [5, 5.41) is 0.851. The van der Waals surface area contributed by atoms with Gasteiger partial charge in [0, 0.05) is 43.4 Å². The number of carbonyl (C=O) groups is 1. The van der Waals surface area contributed by atoms with Gasteiger partial charge in [0.05, 0.1) is 0 Å². The van der Waals surface area contributed by atoms with Crippen LogP contribution in [0.3, 0.4) is 0 Å². The lowest BCUT2D eigenvalue weighted by Gasteiger charge is -2.20. The van der Waals surface area contributed by atoms with Gasteiger partial charge in [-0.25, -0.2) is 0 Å². The molecule has 1 atom stereocenters.